The number of halogens is 1. The van der Waals surface area contributed by atoms with Crippen molar-refractivity contribution in [3.05, 3.63) is 112 Å². The Hall–Kier alpha value is -4.89. The van der Waals surface area contributed by atoms with Crippen molar-refractivity contribution in [2.45, 2.75) is 51.7 Å². The lowest BCUT2D eigenvalue weighted by atomic mass is 9.87. The molecule has 1 saturated heterocycles. The zero-order valence-corrected chi connectivity index (χ0v) is 25.5. The third-order valence-corrected chi connectivity index (χ3v) is 8.87. The van der Waals surface area contributed by atoms with Gasteiger partial charge in [-0.25, -0.2) is 9.37 Å². The predicted molar refractivity (Wildman–Crippen MR) is 176 cm³/mol. The number of ketones is 1. The molecule has 2 aromatic heterocycles. The SMILES string of the molecule is Cc1ccccc1-c1cc2cnc(Nc3ccc(N4C[C@@H](C)N[C@@H](C)C4)c(F)c3)nc2n(C2CC(=O)c3ccccc3C2)c1=O. The number of pyridine rings is 1. The summed E-state index contributed by atoms with van der Waals surface area (Å²) in [4.78, 5) is 39.0. The highest BCUT2D eigenvalue weighted by molar-refractivity contribution is 5.99. The first kappa shape index (κ1) is 28.9. The highest BCUT2D eigenvalue weighted by atomic mass is 19.1. The molecule has 228 valence electrons. The number of nitrogens with one attached hydrogen (secondary N) is 2. The van der Waals surface area contributed by atoms with Gasteiger partial charge in [0.25, 0.3) is 5.56 Å². The third kappa shape index (κ3) is 5.48. The second-order valence-electron chi connectivity index (χ2n) is 12.3. The molecule has 7 rings (SSSR count). The number of piperazine rings is 1. The van der Waals surface area contributed by atoms with Crippen LogP contribution in [0.5, 0.6) is 0 Å². The van der Waals surface area contributed by atoms with Crippen LogP contribution in [0.4, 0.5) is 21.7 Å². The average Bonchev–Trinajstić information content (AvgIpc) is 3.01. The minimum Gasteiger partial charge on any atom is -0.366 e. The number of rotatable bonds is 5. The molecule has 2 N–H and O–H groups in total. The van der Waals surface area contributed by atoms with Gasteiger partial charge in [0.1, 0.15) is 11.5 Å². The molecule has 2 aliphatic rings. The van der Waals surface area contributed by atoms with Crippen LogP contribution in [0.1, 0.15) is 47.8 Å². The van der Waals surface area contributed by atoms with Crippen molar-refractivity contribution in [2.75, 3.05) is 23.3 Å². The molecule has 3 heterocycles. The van der Waals surface area contributed by atoms with E-state index >= 15 is 4.39 Å². The molecule has 1 fully saturated rings. The van der Waals surface area contributed by atoms with E-state index in [2.05, 4.69) is 34.4 Å². The summed E-state index contributed by atoms with van der Waals surface area (Å²) in [6.45, 7) is 7.61. The quantitative estimate of drug-likeness (QED) is 0.247. The average molecular weight is 603 g/mol. The number of benzene rings is 3. The number of nitrogens with zero attached hydrogens (tertiary/aromatic N) is 4. The molecule has 1 unspecified atom stereocenters. The first-order chi connectivity index (χ1) is 21.7. The molecule has 3 atom stereocenters. The van der Waals surface area contributed by atoms with Gasteiger partial charge >= 0.3 is 0 Å². The molecule has 1 aliphatic heterocycles. The molecule has 0 saturated carbocycles. The first-order valence-electron chi connectivity index (χ1n) is 15.4. The first-order valence-corrected chi connectivity index (χ1v) is 15.4. The van der Waals surface area contributed by atoms with Crippen LogP contribution in [0.2, 0.25) is 0 Å². The lowest BCUT2D eigenvalue weighted by molar-refractivity contribution is 0.0951. The number of aromatic nitrogens is 3. The number of fused-ring (bicyclic) bond motifs is 2. The molecule has 0 amide bonds. The summed E-state index contributed by atoms with van der Waals surface area (Å²) in [6.07, 6.45) is 2.39. The molecular formula is C36H35FN6O2. The number of anilines is 3. The van der Waals surface area contributed by atoms with Crippen LogP contribution in [0, 0.1) is 12.7 Å². The fourth-order valence-corrected chi connectivity index (χ4v) is 6.88. The summed E-state index contributed by atoms with van der Waals surface area (Å²) < 4.78 is 17.0. The monoisotopic (exact) mass is 602 g/mol. The number of hydrogen-bond acceptors (Lipinski definition) is 7. The normalized spacial score (nSPS) is 19.9. The van der Waals surface area contributed by atoms with Gasteiger partial charge in [-0.05, 0) is 68.1 Å². The fourth-order valence-electron chi connectivity index (χ4n) is 6.88. The van der Waals surface area contributed by atoms with Crippen LogP contribution in [0.15, 0.2) is 83.8 Å². The van der Waals surface area contributed by atoms with Gasteiger partial charge in [-0.3, -0.25) is 14.2 Å². The van der Waals surface area contributed by atoms with Crippen LogP contribution >= 0.6 is 0 Å². The Morgan fingerprint density at radius 1 is 0.889 bits per heavy atom. The molecular weight excluding hydrogens is 567 g/mol. The zero-order chi connectivity index (χ0) is 31.2. The molecule has 8 nitrogen and oxygen atoms in total. The summed E-state index contributed by atoms with van der Waals surface area (Å²) >= 11 is 0. The van der Waals surface area contributed by atoms with Gasteiger partial charge in [-0.1, -0.05) is 48.5 Å². The smallest absolute Gasteiger partial charge is 0.260 e. The van der Waals surface area contributed by atoms with Crippen molar-refractivity contribution >= 4 is 34.1 Å². The molecule has 9 heteroatoms. The molecule has 0 bridgehead atoms. The molecule has 1 aliphatic carbocycles. The Kier molecular flexibility index (Phi) is 7.41. The molecule has 0 radical (unpaired) electrons. The van der Waals surface area contributed by atoms with Crippen LogP contribution in [0.3, 0.4) is 0 Å². The summed E-state index contributed by atoms with van der Waals surface area (Å²) in [7, 11) is 0. The second-order valence-corrected chi connectivity index (χ2v) is 12.3. The summed E-state index contributed by atoms with van der Waals surface area (Å²) in [5, 5.41) is 7.29. The maximum atomic E-state index is 15.4. The Labute approximate surface area is 261 Å². The van der Waals surface area contributed by atoms with Gasteiger partial charge in [0, 0.05) is 60.0 Å². The number of aryl methyl sites for hydroxylation is 1. The van der Waals surface area contributed by atoms with Crippen molar-refractivity contribution in [3.63, 3.8) is 0 Å². The van der Waals surface area contributed by atoms with Crippen LogP contribution < -0.4 is 21.1 Å². The van der Waals surface area contributed by atoms with E-state index in [4.69, 9.17) is 4.98 Å². The predicted octanol–water partition coefficient (Wildman–Crippen LogP) is 6.21. The summed E-state index contributed by atoms with van der Waals surface area (Å²) in [6, 6.07) is 22.3. The Bertz CT molecular complexity index is 2000. The van der Waals surface area contributed by atoms with E-state index in [9.17, 15) is 9.59 Å². The minimum atomic E-state index is -0.422. The van der Waals surface area contributed by atoms with E-state index in [-0.39, 0.29) is 41.6 Å². The van der Waals surface area contributed by atoms with Crippen molar-refractivity contribution in [1.29, 1.82) is 0 Å². The second kappa shape index (κ2) is 11.6. The van der Waals surface area contributed by atoms with Crippen molar-refractivity contribution in [1.82, 2.24) is 19.9 Å². The standard InChI is InChI=1S/C36H35FN6O2/c1-21-8-4-6-10-28(21)30-15-25-18-38-36(40-26-12-13-32(31(37)16-26)42-19-22(2)39-23(3)20-42)41-34(25)43(35(30)45)27-14-24-9-5-7-11-29(24)33(44)17-27/h4-13,15-16,18,22-23,27,39H,14,17,19-20H2,1-3H3,(H,38,40,41)/t22-,23+,27?. The highest BCUT2D eigenvalue weighted by Crippen LogP contribution is 2.32. The maximum absolute atomic E-state index is 15.4. The fraction of sp³-hybridized carbons (Fsp3) is 0.278. The lowest BCUT2D eigenvalue weighted by Crippen LogP contribution is -2.54. The lowest BCUT2D eigenvalue weighted by Gasteiger charge is -2.37. The van der Waals surface area contributed by atoms with Crippen molar-refractivity contribution in [3.8, 4) is 11.1 Å². The number of carbonyl (C=O) groups is 1. The van der Waals surface area contributed by atoms with Crippen molar-refractivity contribution < 1.29 is 9.18 Å². The van der Waals surface area contributed by atoms with E-state index in [0.717, 1.165) is 29.8 Å². The van der Waals surface area contributed by atoms with Crippen LogP contribution in [-0.2, 0) is 6.42 Å². The molecule has 45 heavy (non-hydrogen) atoms. The highest BCUT2D eigenvalue weighted by Gasteiger charge is 2.29. The van der Waals surface area contributed by atoms with E-state index in [1.165, 1.54) is 6.07 Å². The van der Waals surface area contributed by atoms with Gasteiger partial charge in [0.05, 0.1) is 11.7 Å². The van der Waals surface area contributed by atoms with Gasteiger partial charge < -0.3 is 15.5 Å². The Morgan fingerprint density at radius 2 is 1.62 bits per heavy atom. The summed E-state index contributed by atoms with van der Waals surface area (Å²) in [5.74, 6) is -0.0981. The Morgan fingerprint density at radius 3 is 2.38 bits per heavy atom. The minimum absolute atomic E-state index is 0.000520. The van der Waals surface area contributed by atoms with E-state index < -0.39 is 6.04 Å². The topological polar surface area (TPSA) is 92.2 Å². The van der Waals surface area contributed by atoms with E-state index in [1.54, 1.807) is 16.8 Å². The van der Waals surface area contributed by atoms with Gasteiger partial charge in [0.2, 0.25) is 5.95 Å². The molecule has 5 aromatic rings. The number of carbonyl (C=O) groups excluding carboxylic acids is 1. The van der Waals surface area contributed by atoms with Crippen molar-refractivity contribution in [2.24, 2.45) is 0 Å². The van der Waals surface area contributed by atoms with Gasteiger partial charge in [-0.2, -0.15) is 4.98 Å². The van der Waals surface area contributed by atoms with Crippen LogP contribution in [0.25, 0.3) is 22.2 Å². The number of Topliss-reactive ketones (excluding diaryl/α,β-unsaturated/α-hetero) is 1. The number of hydrogen-bond donors (Lipinski definition) is 2. The third-order valence-electron chi connectivity index (χ3n) is 8.87. The van der Waals surface area contributed by atoms with Gasteiger partial charge in [0.15, 0.2) is 5.78 Å². The van der Waals surface area contributed by atoms with Crippen LogP contribution in [-0.4, -0.2) is 45.5 Å². The summed E-state index contributed by atoms with van der Waals surface area (Å²) in [5.41, 5.74) is 5.21. The Balaban J connectivity index is 1.29. The molecule has 3 aromatic carbocycles. The largest absolute Gasteiger partial charge is 0.366 e. The molecule has 0 spiro atoms. The van der Waals surface area contributed by atoms with Gasteiger partial charge in [-0.15, -0.1) is 0 Å². The maximum Gasteiger partial charge on any atom is 0.260 e. The zero-order valence-electron chi connectivity index (χ0n) is 25.5. The van der Waals surface area contributed by atoms with E-state index in [1.807, 2.05) is 67.6 Å². The van der Waals surface area contributed by atoms with E-state index in [0.29, 0.717) is 40.0 Å².